The Morgan fingerprint density at radius 3 is 2.19 bits per heavy atom. The summed E-state index contributed by atoms with van der Waals surface area (Å²) in [4.78, 5) is 19.8. The minimum atomic E-state index is -5.01. The fraction of sp³-hybridized carbons (Fsp3) is 0.150. The van der Waals surface area contributed by atoms with Crippen molar-refractivity contribution in [2.75, 3.05) is 5.32 Å². The predicted molar refractivity (Wildman–Crippen MR) is 98.9 cm³/mol. The summed E-state index contributed by atoms with van der Waals surface area (Å²) in [5.41, 5.74) is -3.75. The van der Waals surface area contributed by atoms with E-state index in [1.54, 1.807) is 0 Å². The Balaban J connectivity index is 2.05. The molecule has 0 aliphatic carbocycles. The largest absolute Gasteiger partial charge is 0.419 e. The zero-order chi connectivity index (χ0) is 23.5. The van der Waals surface area contributed by atoms with E-state index >= 15 is 0 Å². The molecule has 2 amide bonds. The van der Waals surface area contributed by atoms with E-state index in [0.29, 0.717) is 18.2 Å². The summed E-state index contributed by atoms with van der Waals surface area (Å²) < 4.78 is 93.3. The van der Waals surface area contributed by atoms with Gasteiger partial charge in [0, 0.05) is 12.4 Å². The van der Waals surface area contributed by atoms with Gasteiger partial charge in [-0.3, -0.25) is 9.97 Å². The van der Waals surface area contributed by atoms with Gasteiger partial charge in [-0.05, 0) is 42.0 Å². The molecule has 2 heterocycles. The van der Waals surface area contributed by atoms with Gasteiger partial charge in [-0.1, -0.05) is 6.07 Å². The van der Waals surface area contributed by atoms with Crippen LogP contribution in [-0.4, -0.2) is 16.0 Å². The lowest BCUT2D eigenvalue weighted by atomic mass is 9.97. The van der Waals surface area contributed by atoms with Crippen molar-refractivity contribution in [2.45, 2.75) is 18.4 Å². The molecule has 0 saturated heterocycles. The van der Waals surface area contributed by atoms with Crippen LogP contribution in [0.2, 0.25) is 0 Å². The molecule has 0 unspecified atom stereocenters. The number of amides is 2. The first-order valence-electron chi connectivity index (χ1n) is 8.83. The first-order chi connectivity index (χ1) is 15.0. The third-order valence-corrected chi connectivity index (χ3v) is 4.24. The molecule has 0 aliphatic heterocycles. The van der Waals surface area contributed by atoms with E-state index in [4.69, 9.17) is 0 Å². The van der Waals surface area contributed by atoms with Gasteiger partial charge in [-0.15, -0.1) is 0 Å². The number of rotatable bonds is 4. The standard InChI is InChI=1S/C20H13F7N4O/c21-15-9-11(5-6-13(15)19(22,23)24)16(17-14(20(25,26)27)4-2-8-29-17)31-18(32)30-12-3-1-7-28-10-12/h1-10,16H,(H2,30,31,32)/t16-/m0/s1. The second kappa shape index (κ2) is 8.81. The number of urea groups is 1. The highest BCUT2D eigenvalue weighted by molar-refractivity contribution is 5.89. The van der Waals surface area contributed by atoms with E-state index in [9.17, 15) is 35.5 Å². The van der Waals surface area contributed by atoms with Gasteiger partial charge >= 0.3 is 18.4 Å². The maximum Gasteiger partial charge on any atom is 0.419 e. The van der Waals surface area contributed by atoms with Crippen molar-refractivity contribution >= 4 is 11.7 Å². The highest BCUT2D eigenvalue weighted by atomic mass is 19.4. The third-order valence-electron chi connectivity index (χ3n) is 4.24. The number of hydrogen-bond donors (Lipinski definition) is 2. The molecule has 12 heteroatoms. The maximum atomic E-state index is 14.1. The lowest BCUT2D eigenvalue weighted by molar-refractivity contribution is -0.140. The molecule has 1 atom stereocenters. The average molecular weight is 458 g/mol. The van der Waals surface area contributed by atoms with Crippen molar-refractivity contribution in [3.8, 4) is 0 Å². The summed E-state index contributed by atoms with van der Waals surface area (Å²) in [6.45, 7) is 0. The van der Waals surface area contributed by atoms with Crippen LogP contribution in [0.1, 0.15) is 28.4 Å². The van der Waals surface area contributed by atoms with Crippen LogP contribution >= 0.6 is 0 Å². The molecule has 32 heavy (non-hydrogen) atoms. The van der Waals surface area contributed by atoms with E-state index in [1.807, 2.05) is 0 Å². The molecule has 0 spiro atoms. The molecular formula is C20H13F7N4O. The van der Waals surface area contributed by atoms with Gasteiger partial charge in [-0.2, -0.15) is 26.3 Å². The van der Waals surface area contributed by atoms with E-state index in [2.05, 4.69) is 20.6 Å². The Hall–Kier alpha value is -3.70. The number of carbonyl (C=O) groups is 1. The van der Waals surface area contributed by atoms with Crippen molar-refractivity contribution in [2.24, 2.45) is 0 Å². The summed E-state index contributed by atoms with van der Waals surface area (Å²) >= 11 is 0. The van der Waals surface area contributed by atoms with E-state index in [-0.39, 0.29) is 11.3 Å². The highest BCUT2D eigenvalue weighted by Crippen LogP contribution is 2.37. The molecule has 3 aromatic rings. The molecule has 0 radical (unpaired) electrons. The van der Waals surface area contributed by atoms with Gasteiger partial charge in [0.2, 0.25) is 0 Å². The number of benzene rings is 1. The van der Waals surface area contributed by atoms with Crippen LogP contribution in [0.25, 0.3) is 0 Å². The molecule has 5 nitrogen and oxygen atoms in total. The molecule has 0 fully saturated rings. The molecule has 3 rings (SSSR count). The molecule has 0 saturated carbocycles. The monoisotopic (exact) mass is 458 g/mol. The number of nitrogens with zero attached hydrogens (tertiary/aromatic N) is 2. The zero-order valence-electron chi connectivity index (χ0n) is 15.8. The Morgan fingerprint density at radius 2 is 1.59 bits per heavy atom. The second-order valence-corrected chi connectivity index (χ2v) is 6.44. The fourth-order valence-corrected chi connectivity index (χ4v) is 2.87. The maximum absolute atomic E-state index is 14.1. The lowest BCUT2D eigenvalue weighted by Gasteiger charge is -2.23. The summed E-state index contributed by atoms with van der Waals surface area (Å²) in [5.74, 6) is -1.71. The number of aromatic nitrogens is 2. The van der Waals surface area contributed by atoms with Crippen LogP contribution in [0, 0.1) is 5.82 Å². The first-order valence-corrected chi connectivity index (χ1v) is 8.83. The smallest absolute Gasteiger partial charge is 0.325 e. The topological polar surface area (TPSA) is 66.9 Å². The Morgan fingerprint density at radius 1 is 0.906 bits per heavy atom. The van der Waals surface area contributed by atoms with Crippen molar-refractivity contribution in [1.29, 1.82) is 0 Å². The van der Waals surface area contributed by atoms with Crippen LogP contribution in [0.4, 0.5) is 41.2 Å². The zero-order valence-corrected chi connectivity index (χ0v) is 15.8. The Kier molecular flexibility index (Phi) is 6.32. The van der Waals surface area contributed by atoms with Gasteiger partial charge in [0.25, 0.3) is 0 Å². The van der Waals surface area contributed by atoms with Crippen molar-refractivity contribution in [3.63, 3.8) is 0 Å². The average Bonchev–Trinajstić information content (AvgIpc) is 2.71. The van der Waals surface area contributed by atoms with Crippen LogP contribution in [0.3, 0.4) is 0 Å². The fourth-order valence-electron chi connectivity index (χ4n) is 2.87. The summed E-state index contributed by atoms with van der Waals surface area (Å²) in [7, 11) is 0. The van der Waals surface area contributed by atoms with Gasteiger partial charge in [0.05, 0.1) is 34.7 Å². The van der Waals surface area contributed by atoms with Gasteiger partial charge in [0.15, 0.2) is 0 Å². The quantitative estimate of drug-likeness (QED) is 0.503. The first kappa shape index (κ1) is 23.0. The minimum Gasteiger partial charge on any atom is -0.325 e. The van der Waals surface area contributed by atoms with Crippen LogP contribution < -0.4 is 10.6 Å². The van der Waals surface area contributed by atoms with Crippen LogP contribution in [0.15, 0.2) is 61.1 Å². The van der Waals surface area contributed by atoms with Crippen molar-refractivity contribution in [3.05, 3.63) is 89.3 Å². The minimum absolute atomic E-state index is 0.194. The number of hydrogen-bond acceptors (Lipinski definition) is 3. The lowest BCUT2D eigenvalue weighted by Crippen LogP contribution is -2.35. The van der Waals surface area contributed by atoms with Crippen molar-refractivity contribution in [1.82, 2.24) is 15.3 Å². The van der Waals surface area contributed by atoms with E-state index in [0.717, 1.165) is 18.3 Å². The van der Waals surface area contributed by atoms with Gasteiger partial charge in [0.1, 0.15) is 5.82 Å². The molecule has 0 bridgehead atoms. The molecule has 2 N–H and O–H groups in total. The predicted octanol–water partition coefficient (Wildman–Crippen LogP) is 5.56. The normalized spacial score (nSPS) is 12.8. The number of carbonyl (C=O) groups excluding carboxylic acids is 1. The number of halogens is 7. The number of nitrogens with one attached hydrogen (secondary N) is 2. The summed E-state index contributed by atoms with van der Waals surface area (Å²) in [6, 6.07) is 3.46. The number of pyridine rings is 2. The molecule has 168 valence electrons. The Labute approximate surface area is 176 Å². The number of anilines is 1. The Bertz CT molecular complexity index is 1100. The number of alkyl halides is 6. The second-order valence-electron chi connectivity index (χ2n) is 6.44. The van der Waals surface area contributed by atoms with Crippen LogP contribution in [-0.2, 0) is 12.4 Å². The molecule has 1 aromatic carbocycles. The van der Waals surface area contributed by atoms with Gasteiger partial charge in [-0.25, -0.2) is 9.18 Å². The SMILES string of the molecule is O=C(Nc1cccnc1)N[C@@H](c1ccc(C(F)(F)F)c(F)c1)c1ncccc1C(F)(F)F. The molecule has 0 aliphatic rings. The summed E-state index contributed by atoms with van der Waals surface area (Å²) in [5, 5.41) is 4.53. The van der Waals surface area contributed by atoms with E-state index < -0.39 is 47.1 Å². The third kappa shape index (κ3) is 5.31. The summed E-state index contributed by atoms with van der Waals surface area (Å²) in [6.07, 6.45) is -6.22. The van der Waals surface area contributed by atoms with E-state index in [1.165, 1.54) is 24.5 Å². The van der Waals surface area contributed by atoms with Gasteiger partial charge < -0.3 is 10.6 Å². The van der Waals surface area contributed by atoms with Crippen LogP contribution in [0.5, 0.6) is 0 Å². The molecule has 2 aromatic heterocycles. The molecular weight excluding hydrogens is 445 g/mol. The van der Waals surface area contributed by atoms with Crippen molar-refractivity contribution < 1.29 is 35.5 Å². The highest BCUT2D eigenvalue weighted by Gasteiger charge is 2.38.